The fourth-order valence-electron chi connectivity index (χ4n) is 3.19. The molecule has 0 saturated carbocycles. The highest BCUT2D eigenvalue weighted by Gasteiger charge is 2.30. The van der Waals surface area contributed by atoms with Crippen molar-refractivity contribution in [3.05, 3.63) is 46.2 Å². The summed E-state index contributed by atoms with van der Waals surface area (Å²) in [5.41, 5.74) is 2.51. The van der Waals surface area contributed by atoms with E-state index in [2.05, 4.69) is 53.8 Å². The standard InChI is InChI=1S/C18H24ClN5O/c1-5-12-6-7-13(14(19)8-12)18(3,4)24-10-16(22-23-24)15-9-17(25)21-11(2)20-15/h6-8,10-11,15,20H,5,9H2,1-4H3,(H,21,25). The van der Waals surface area contributed by atoms with Crippen LogP contribution < -0.4 is 10.6 Å². The van der Waals surface area contributed by atoms with E-state index in [9.17, 15) is 4.79 Å². The van der Waals surface area contributed by atoms with Gasteiger partial charge in [0, 0.05) is 11.4 Å². The number of aromatic nitrogens is 3. The van der Waals surface area contributed by atoms with Crippen LogP contribution in [-0.2, 0) is 16.8 Å². The molecule has 2 N–H and O–H groups in total. The molecule has 1 saturated heterocycles. The highest BCUT2D eigenvalue weighted by atomic mass is 35.5. The Kier molecular flexibility index (Phi) is 4.84. The summed E-state index contributed by atoms with van der Waals surface area (Å²) in [5.74, 6) is 0.0169. The lowest BCUT2D eigenvalue weighted by Gasteiger charge is -2.28. The molecule has 1 aliphatic rings. The van der Waals surface area contributed by atoms with Gasteiger partial charge < -0.3 is 5.32 Å². The zero-order valence-electron chi connectivity index (χ0n) is 15.0. The first-order valence-electron chi connectivity index (χ1n) is 8.58. The van der Waals surface area contributed by atoms with Crippen molar-refractivity contribution in [2.45, 2.75) is 58.3 Å². The van der Waals surface area contributed by atoms with Gasteiger partial charge in [0.1, 0.15) is 5.69 Å². The molecule has 134 valence electrons. The van der Waals surface area contributed by atoms with Gasteiger partial charge in [-0.1, -0.05) is 35.9 Å². The van der Waals surface area contributed by atoms with E-state index in [1.54, 1.807) is 0 Å². The van der Waals surface area contributed by atoms with Crippen LogP contribution >= 0.6 is 11.6 Å². The summed E-state index contributed by atoms with van der Waals surface area (Å²) in [6.07, 6.45) is 3.12. The Morgan fingerprint density at radius 1 is 1.40 bits per heavy atom. The van der Waals surface area contributed by atoms with Gasteiger partial charge in [-0.25, -0.2) is 4.68 Å². The Morgan fingerprint density at radius 3 is 2.80 bits per heavy atom. The predicted octanol–water partition coefficient (Wildman–Crippen LogP) is 2.77. The SMILES string of the molecule is CCc1ccc(C(C)(C)n2cc(C3CC(=O)NC(C)N3)nn2)c(Cl)c1. The molecular formula is C18H24ClN5O. The molecule has 1 aromatic heterocycles. The van der Waals surface area contributed by atoms with Crippen molar-refractivity contribution in [1.29, 1.82) is 0 Å². The number of carbonyl (C=O) groups excluding carboxylic acids is 1. The van der Waals surface area contributed by atoms with E-state index in [4.69, 9.17) is 11.6 Å². The van der Waals surface area contributed by atoms with E-state index in [0.29, 0.717) is 6.42 Å². The summed E-state index contributed by atoms with van der Waals surface area (Å²) in [4.78, 5) is 11.8. The molecule has 7 heteroatoms. The molecule has 2 atom stereocenters. The van der Waals surface area contributed by atoms with Gasteiger partial charge in [-0.15, -0.1) is 5.10 Å². The Balaban J connectivity index is 1.89. The summed E-state index contributed by atoms with van der Waals surface area (Å²) >= 11 is 6.51. The molecular weight excluding hydrogens is 338 g/mol. The molecule has 0 radical (unpaired) electrons. The highest BCUT2D eigenvalue weighted by molar-refractivity contribution is 6.31. The summed E-state index contributed by atoms with van der Waals surface area (Å²) in [6, 6.07) is 6.02. The molecule has 1 aliphatic heterocycles. The zero-order valence-corrected chi connectivity index (χ0v) is 15.8. The van der Waals surface area contributed by atoms with Crippen molar-refractivity contribution in [2.75, 3.05) is 0 Å². The number of aryl methyl sites for hydroxylation is 1. The maximum Gasteiger partial charge on any atom is 0.223 e. The summed E-state index contributed by atoms with van der Waals surface area (Å²) in [5, 5.41) is 15.5. The molecule has 2 heterocycles. The Morgan fingerprint density at radius 2 is 2.16 bits per heavy atom. The molecule has 1 amide bonds. The second-order valence-corrected chi connectivity index (χ2v) is 7.43. The largest absolute Gasteiger partial charge is 0.341 e. The van der Waals surface area contributed by atoms with Gasteiger partial charge in [0.25, 0.3) is 0 Å². The second kappa shape index (κ2) is 6.77. The topological polar surface area (TPSA) is 71.8 Å². The first-order valence-corrected chi connectivity index (χ1v) is 8.96. The minimum absolute atomic E-state index is 0.0169. The average Bonchev–Trinajstić information content (AvgIpc) is 3.04. The fraction of sp³-hybridized carbons (Fsp3) is 0.500. The van der Waals surface area contributed by atoms with Gasteiger partial charge >= 0.3 is 0 Å². The van der Waals surface area contributed by atoms with Gasteiger partial charge in [0.05, 0.1) is 23.9 Å². The molecule has 6 nitrogen and oxygen atoms in total. The third kappa shape index (κ3) is 3.55. The van der Waals surface area contributed by atoms with E-state index in [1.165, 1.54) is 5.56 Å². The normalized spacial score (nSPS) is 21.2. The molecule has 3 rings (SSSR count). The predicted molar refractivity (Wildman–Crippen MR) is 97.4 cm³/mol. The lowest BCUT2D eigenvalue weighted by Crippen LogP contribution is -2.51. The lowest BCUT2D eigenvalue weighted by molar-refractivity contribution is -0.124. The van der Waals surface area contributed by atoms with Crippen molar-refractivity contribution in [2.24, 2.45) is 0 Å². The van der Waals surface area contributed by atoms with E-state index in [1.807, 2.05) is 23.9 Å². The first-order chi connectivity index (χ1) is 11.8. The quantitative estimate of drug-likeness (QED) is 0.878. The fourth-order valence-corrected chi connectivity index (χ4v) is 3.62. The average molecular weight is 362 g/mol. The van der Waals surface area contributed by atoms with E-state index >= 15 is 0 Å². The van der Waals surface area contributed by atoms with Crippen LogP contribution in [0, 0.1) is 0 Å². The molecule has 2 aromatic rings. The van der Waals surface area contributed by atoms with Crippen LogP contribution in [0.1, 0.15) is 57.0 Å². The van der Waals surface area contributed by atoms with E-state index < -0.39 is 5.54 Å². The van der Waals surface area contributed by atoms with Crippen LogP contribution in [0.4, 0.5) is 0 Å². The van der Waals surface area contributed by atoms with Crippen LogP contribution in [0.15, 0.2) is 24.4 Å². The van der Waals surface area contributed by atoms with Gasteiger partial charge in [-0.2, -0.15) is 0 Å². The van der Waals surface area contributed by atoms with Crippen LogP contribution in [-0.4, -0.2) is 27.1 Å². The molecule has 0 bridgehead atoms. The summed E-state index contributed by atoms with van der Waals surface area (Å²) < 4.78 is 1.81. The van der Waals surface area contributed by atoms with Gasteiger partial charge in [-0.3, -0.25) is 10.1 Å². The third-order valence-corrected chi connectivity index (χ3v) is 5.07. The second-order valence-electron chi connectivity index (χ2n) is 7.03. The maximum atomic E-state index is 11.8. The molecule has 1 fully saturated rings. The van der Waals surface area contributed by atoms with Crippen molar-refractivity contribution in [1.82, 2.24) is 25.6 Å². The van der Waals surface area contributed by atoms with E-state index in [-0.39, 0.29) is 18.1 Å². The Bertz CT molecular complexity index is 786. The van der Waals surface area contributed by atoms with Gasteiger partial charge in [-0.05, 0) is 44.4 Å². The number of benzene rings is 1. The van der Waals surface area contributed by atoms with Crippen LogP contribution in [0.25, 0.3) is 0 Å². The van der Waals surface area contributed by atoms with Crippen molar-refractivity contribution in [3.8, 4) is 0 Å². The smallest absolute Gasteiger partial charge is 0.223 e. The Hall–Kier alpha value is -1.92. The van der Waals surface area contributed by atoms with Crippen molar-refractivity contribution in [3.63, 3.8) is 0 Å². The minimum atomic E-state index is -0.447. The van der Waals surface area contributed by atoms with E-state index in [0.717, 1.165) is 22.7 Å². The van der Waals surface area contributed by atoms with Crippen molar-refractivity contribution < 1.29 is 4.79 Å². The lowest BCUT2D eigenvalue weighted by atomic mass is 9.93. The number of halogens is 1. The monoisotopic (exact) mass is 361 g/mol. The number of hydrogen-bond donors (Lipinski definition) is 2. The maximum absolute atomic E-state index is 11.8. The molecule has 2 unspecified atom stereocenters. The number of hydrogen-bond acceptors (Lipinski definition) is 4. The Labute approximate surface area is 152 Å². The van der Waals surface area contributed by atoms with Crippen molar-refractivity contribution >= 4 is 17.5 Å². The number of rotatable bonds is 4. The number of amides is 1. The summed E-state index contributed by atoms with van der Waals surface area (Å²) in [7, 11) is 0. The molecule has 0 spiro atoms. The number of carbonyl (C=O) groups is 1. The molecule has 1 aromatic carbocycles. The van der Waals surface area contributed by atoms with Gasteiger partial charge in [0.15, 0.2) is 0 Å². The van der Waals surface area contributed by atoms with Crippen LogP contribution in [0.5, 0.6) is 0 Å². The number of nitrogens with zero attached hydrogens (tertiary/aromatic N) is 3. The molecule has 25 heavy (non-hydrogen) atoms. The van der Waals surface area contributed by atoms with Crippen LogP contribution in [0.3, 0.4) is 0 Å². The third-order valence-electron chi connectivity index (χ3n) is 4.76. The molecule has 0 aliphatic carbocycles. The highest BCUT2D eigenvalue weighted by Crippen LogP contribution is 2.32. The summed E-state index contributed by atoms with van der Waals surface area (Å²) in [6.45, 7) is 8.13. The zero-order chi connectivity index (χ0) is 18.2. The van der Waals surface area contributed by atoms with Gasteiger partial charge in [0.2, 0.25) is 5.91 Å². The van der Waals surface area contributed by atoms with Crippen LogP contribution in [0.2, 0.25) is 5.02 Å². The number of nitrogens with one attached hydrogen (secondary N) is 2. The first kappa shape index (κ1) is 17.9. The minimum Gasteiger partial charge on any atom is -0.341 e.